The number of rotatable bonds is 8. The molecule has 0 spiro atoms. The fraction of sp³-hybridized carbons (Fsp3) is 0.368. The summed E-state index contributed by atoms with van der Waals surface area (Å²) in [5.74, 6) is 1.25. The standard InChI is InChI=1S/C19H23N3O6S/c1-27-16-6-8-18(28-2)14(11-16)13-20-17-7-5-15(22(23)24)12-19(17)29(25,26)21-9-3-4-10-21/h5-8,11-12,20H,3-4,9-10,13H2,1-2H3. The summed E-state index contributed by atoms with van der Waals surface area (Å²) >= 11 is 0. The summed E-state index contributed by atoms with van der Waals surface area (Å²) in [5.41, 5.74) is 0.786. The van der Waals surface area contributed by atoms with Gasteiger partial charge in [0.15, 0.2) is 0 Å². The molecule has 156 valence electrons. The van der Waals surface area contributed by atoms with Crippen LogP contribution in [-0.4, -0.2) is 45.0 Å². The van der Waals surface area contributed by atoms with Crippen LogP contribution in [-0.2, 0) is 16.6 Å². The van der Waals surface area contributed by atoms with Crippen LogP contribution in [0.3, 0.4) is 0 Å². The largest absolute Gasteiger partial charge is 0.497 e. The highest BCUT2D eigenvalue weighted by molar-refractivity contribution is 7.89. The second-order valence-electron chi connectivity index (χ2n) is 6.58. The van der Waals surface area contributed by atoms with Crippen LogP contribution in [0, 0.1) is 10.1 Å². The van der Waals surface area contributed by atoms with Crippen molar-refractivity contribution in [1.82, 2.24) is 4.31 Å². The number of nitrogens with zero attached hydrogens (tertiary/aromatic N) is 2. The van der Waals surface area contributed by atoms with Gasteiger partial charge in [0, 0.05) is 37.3 Å². The number of nitro benzene ring substituents is 1. The van der Waals surface area contributed by atoms with E-state index < -0.39 is 14.9 Å². The molecule has 1 aliphatic rings. The molecule has 1 saturated heterocycles. The summed E-state index contributed by atoms with van der Waals surface area (Å²) in [6, 6.07) is 9.12. The van der Waals surface area contributed by atoms with E-state index in [0.717, 1.165) is 24.5 Å². The van der Waals surface area contributed by atoms with Crippen LogP contribution in [0.1, 0.15) is 18.4 Å². The Morgan fingerprint density at radius 2 is 1.83 bits per heavy atom. The third kappa shape index (κ3) is 4.43. The molecule has 0 atom stereocenters. The third-order valence-electron chi connectivity index (χ3n) is 4.82. The number of nitro groups is 1. The van der Waals surface area contributed by atoms with Gasteiger partial charge in [-0.25, -0.2) is 8.42 Å². The van der Waals surface area contributed by atoms with E-state index in [-0.39, 0.29) is 17.1 Å². The molecule has 1 N–H and O–H groups in total. The Bertz CT molecular complexity index is 1000. The zero-order valence-electron chi connectivity index (χ0n) is 16.3. The number of hydrogen-bond donors (Lipinski definition) is 1. The summed E-state index contributed by atoms with van der Waals surface area (Å²) in [6.45, 7) is 1.07. The van der Waals surface area contributed by atoms with Crippen LogP contribution in [0.15, 0.2) is 41.3 Å². The summed E-state index contributed by atoms with van der Waals surface area (Å²) in [7, 11) is -0.754. The molecule has 29 heavy (non-hydrogen) atoms. The van der Waals surface area contributed by atoms with Gasteiger partial charge < -0.3 is 14.8 Å². The lowest BCUT2D eigenvalue weighted by atomic mass is 10.1. The minimum Gasteiger partial charge on any atom is -0.497 e. The van der Waals surface area contributed by atoms with Crippen molar-refractivity contribution < 1.29 is 22.8 Å². The predicted octanol–water partition coefficient (Wildman–Crippen LogP) is 3.01. The summed E-state index contributed by atoms with van der Waals surface area (Å²) in [5, 5.41) is 14.3. The molecule has 0 aliphatic carbocycles. The van der Waals surface area contributed by atoms with Crippen molar-refractivity contribution in [3.63, 3.8) is 0 Å². The normalized spacial score (nSPS) is 14.6. The third-order valence-corrected chi connectivity index (χ3v) is 6.75. The van der Waals surface area contributed by atoms with Crippen molar-refractivity contribution in [1.29, 1.82) is 0 Å². The van der Waals surface area contributed by atoms with Crippen molar-refractivity contribution in [2.75, 3.05) is 32.6 Å². The van der Waals surface area contributed by atoms with E-state index in [1.165, 1.54) is 16.4 Å². The lowest BCUT2D eigenvalue weighted by Crippen LogP contribution is -2.28. The topological polar surface area (TPSA) is 111 Å². The van der Waals surface area contributed by atoms with Crippen LogP contribution < -0.4 is 14.8 Å². The number of hydrogen-bond acceptors (Lipinski definition) is 7. The van der Waals surface area contributed by atoms with Gasteiger partial charge >= 0.3 is 0 Å². The molecule has 0 unspecified atom stereocenters. The number of non-ortho nitro benzene ring substituents is 1. The molecule has 0 aromatic heterocycles. The number of ether oxygens (including phenoxy) is 2. The van der Waals surface area contributed by atoms with Crippen LogP contribution in [0.4, 0.5) is 11.4 Å². The van der Waals surface area contributed by atoms with Gasteiger partial charge in [-0.1, -0.05) is 0 Å². The highest BCUT2D eigenvalue weighted by Crippen LogP contribution is 2.32. The molecule has 3 rings (SSSR count). The molecular formula is C19H23N3O6S. The number of anilines is 1. The van der Waals surface area contributed by atoms with Crippen LogP contribution in [0.2, 0.25) is 0 Å². The van der Waals surface area contributed by atoms with Gasteiger partial charge in [-0.2, -0.15) is 4.31 Å². The quantitative estimate of drug-likeness (QED) is 0.515. The number of benzene rings is 2. The lowest BCUT2D eigenvalue weighted by Gasteiger charge is -2.19. The first kappa shape index (κ1) is 20.9. The summed E-state index contributed by atoms with van der Waals surface area (Å²) < 4.78 is 38.1. The van der Waals surface area contributed by atoms with Crippen LogP contribution in [0.25, 0.3) is 0 Å². The van der Waals surface area contributed by atoms with Gasteiger partial charge in [-0.15, -0.1) is 0 Å². The highest BCUT2D eigenvalue weighted by Gasteiger charge is 2.31. The lowest BCUT2D eigenvalue weighted by molar-refractivity contribution is -0.385. The molecular weight excluding hydrogens is 398 g/mol. The Balaban J connectivity index is 1.96. The zero-order chi connectivity index (χ0) is 21.0. The molecule has 1 aliphatic heterocycles. The first-order chi connectivity index (χ1) is 13.9. The van der Waals surface area contributed by atoms with Crippen molar-refractivity contribution in [2.24, 2.45) is 0 Å². The Morgan fingerprint density at radius 3 is 2.45 bits per heavy atom. The fourth-order valence-corrected chi connectivity index (χ4v) is 4.97. The van der Waals surface area contributed by atoms with Crippen molar-refractivity contribution >= 4 is 21.4 Å². The average Bonchev–Trinajstić information content (AvgIpc) is 3.27. The maximum atomic E-state index is 13.1. The molecule has 2 aromatic carbocycles. The van der Waals surface area contributed by atoms with Gasteiger partial charge in [0.1, 0.15) is 16.4 Å². The first-order valence-corrected chi connectivity index (χ1v) is 10.5. The van der Waals surface area contributed by atoms with E-state index in [2.05, 4.69) is 5.32 Å². The Morgan fingerprint density at radius 1 is 1.10 bits per heavy atom. The maximum absolute atomic E-state index is 13.1. The monoisotopic (exact) mass is 421 g/mol. The summed E-state index contributed by atoms with van der Waals surface area (Å²) in [4.78, 5) is 10.5. The fourth-order valence-electron chi connectivity index (χ4n) is 3.26. The highest BCUT2D eigenvalue weighted by atomic mass is 32.2. The van der Waals surface area contributed by atoms with Crippen molar-refractivity contribution in [3.8, 4) is 11.5 Å². The second-order valence-corrected chi connectivity index (χ2v) is 8.49. The predicted molar refractivity (Wildman–Crippen MR) is 108 cm³/mol. The van der Waals surface area contributed by atoms with E-state index in [0.29, 0.717) is 30.3 Å². The van der Waals surface area contributed by atoms with E-state index in [1.54, 1.807) is 32.4 Å². The molecule has 0 radical (unpaired) electrons. The molecule has 0 amide bonds. The minimum absolute atomic E-state index is 0.101. The molecule has 0 saturated carbocycles. The SMILES string of the molecule is COc1ccc(OC)c(CNc2ccc([N+](=O)[O-])cc2S(=O)(=O)N2CCCC2)c1. The maximum Gasteiger partial charge on any atom is 0.270 e. The minimum atomic E-state index is -3.85. The molecule has 2 aromatic rings. The van der Waals surface area contributed by atoms with Crippen molar-refractivity contribution in [3.05, 3.63) is 52.1 Å². The van der Waals surface area contributed by atoms with Crippen LogP contribution in [0.5, 0.6) is 11.5 Å². The van der Waals surface area contributed by atoms with Crippen LogP contribution >= 0.6 is 0 Å². The Kier molecular flexibility index (Phi) is 6.23. The molecule has 10 heteroatoms. The van der Waals surface area contributed by atoms with E-state index in [9.17, 15) is 18.5 Å². The molecule has 9 nitrogen and oxygen atoms in total. The van der Waals surface area contributed by atoms with Gasteiger partial charge in [-0.05, 0) is 37.1 Å². The van der Waals surface area contributed by atoms with Crippen molar-refractivity contribution in [2.45, 2.75) is 24.3 Å². The van der Waals surface area contributed by atoms with Gasteiger partial charge in [0.25, 0.3) is 5.69 Å². The van der Waals surface area contributed by atoms with Gasteiger partial charge in [0.05, 0.1) is 24.8 Å². The average molecular weight is 421 g/mol. The molecule has 0 bridgehead atoms. The van der Waals surface area contributed by atoms with Gasteiger partial charge in [-0.3, -0.25) is 10.1 Å². The van der Waals surface area contributed by atoms with E-state index >= 15 is 0 Å². The first-order valence-electron chi connectivity index (χ1n) is 9.10. The molecule has 1 fully saturated rings. The van der Waals surface area contributed by atoms with E-state index in [1.807, 2.05) is 0 Å². The smallest absolute Gasteiger partial charge is 0.270 e. The Labute approximate surface area is 169 Å². The number of sulfonamides is 1. The Hall–Kier alpha value is -2.85. The molecule has 1 heterocycles. The number of nitrogens with one attached hydrogen (secondary N) is 1. The van der Waals surface area contributed by atoms with Gasteiger partial charge in [0.2, 0.25) is 10.0 Å². The second kappa shape index (κ2) is 8.66. The summed E-state index contributed by atoms with van der Waals surface area (Å²) in [6.07, 6.45) is 1.55. The van der Waals surface area contributed by atoms with E-state index in [4.69, 9.17) is 9.47 Å². The number of methoxy groups -OCH3 is 2. The zero-order valence-corrected chi connectivity index (χ0v) is 17.1.